The number of rotatable bonds is 3. The van der Waals surface area contributed by atoms with E-state index in [4.69, 9.17) is 5.73 Å². The molecule has 1 unspecified atom stereocenters. The highest BCUT2D eigenvalue weighted by Crippen LogP contribution is 2.29. The van der Waals surface area contributed by atoms with Crippen molar-refractivity contribution in [1.82, 2.24) is 0 Å². The molecule has 0 radical (unpaired) electrons. The zero-order valence-corrected chi connectivity index (χ0v) is 12.6. The monoisotopic (exact) mass is 332 g/mol. The number of hydrogen-bond acceptors (Lipinski definition) is 4. The summed E-state index contributed by atoms with van der Waals surface area (Å²) in [6, 6.07) is 5.94. The van der Waals surface area contributed by atoms with Crippen LogP contribution in [0.3, 0.4) is 0 Å². The summed E-state index contributed by atoms with van der Waals surface area (Å²) in [4.78, 5) is 0. The Balaban J connectivity index is 2.26. The van der Waals surface area contributed by atoms with E-state index in [1.54, 1.807) is 0 Å². The third kappa shape index (κ3) is 3.05. The van der Waals surface area contributed by atoms with Crippen LogP contribution < -0.4 is 11.1 Å². The molecule has 0 aromatic heterocycles. The van der Waals surface area contributed by atoms with Crippen molar-refractivity contribution in [2.45, 2.75) is 18.9 Å². The highest BCUT2D eigenvalue weighted by atomic mass is 79.9. The number of halogens is 1. The van der Waals surface area contributed by atoms with E-state index in [0.29, 0.717) is 13.0 Å². The zero-order chi connectivity index (χ0) is 13.4. The van der Waals surface area contributed by atoms with Gasteiger partial charge in [0.15, 0.2) is 9.84 Å². The lowest BCUT2D eigenvalue weighted by molar-refractivity contribution is 0.534. The van der Waals surface area contributed by atoms with Crippen LogP contribution in [0.15, 0.2) is 22.7 Å². The highest BCUT2D eigenvalue weighted by Gasteiger charge is 2.41. The fourth-order valence-electron chi connectivity index (χ4n) is 2.34. The maximum Gasteiger partial charge on any atom is 0.152 e. The lowest BCUT2D eigenvalue weighted by Crippen LogP contribution is -2.46. The molecule has 0 bridgehead atoms. The van der Waals surface area contributed by atoms with Crippen molar-refractivity contribution < 1.29 is 8.42 Å². The molecule has 1 aliphatic heterocycles. The molecular weight excluding hydrogens is 316 g/mol. The Bertz CT molecular complexity index is 539. The first-order chi connectivity index (χ1) is 8.34. The lowest BCUT2D eigenvalue weighted by Gasteiger charge is -2.29. The molecule has 1 aromatic rings. The molecule has 100 valence electrons. The van der Waals surface area contributed by atoms with Crippen molar-refractivity contribution in [2.75, 3.05) is 23.4 Å². The Morgan fingerprint density at radius 2 is 2.17 bits per heavy atom. The van der Waals surface area contributed by atoms with Gasteiger partial charge in [-0.2, -0.15) is 0 Å². The first-order valence-corrected chi connectivity index (χ1v) is 8.41. The van der Waals surface area contributed by atoms with Gasteiger partial charge in [-0.25, -0.2) is 8.42 Å². The Morgan fingerprint density at radius 3 is 2.67 bits per heavy atom. The van der Waals surface area contributed by atoms with E-state index < -0.39 is 15.4 Å². The van der Waals surface area contributed by atoms with Crippen molar-refractivity contribution in [2.24, 2.45) is 5.73 Å². The number of nitrogens with two attached hydrogens (primary N) is 1. The third-order valence-electron chi connectivity index (χ3n) is 3.23. The van der Waals surface area contributed by atoms with Crippen LogP contribution in [-0.2, 0) is 9.84 Å². The summed E-state index contributed by atoms with van der Waals surface area (Å²) in [5.41, 5.74) is 7.27. The second-order valence-corrected chi connectivity index (χ2v) is 8.07. The Hall–Kier alpha value is -0.590. The first kappa shape index (κ1) is 13.8. The van der Waals surface area contributed by atoms with E-state index in [1.165, 1.54) is 0 Å². The Labute approximate surface area is 116 Å². The minimum absolute atomic E-state index is 0.113. The number of aryl methyl sites for hydroxylation is 1. The van der Waals surface area contributed by atoms with Crippen LogP contribution in [0.25, 0.3) is 0 Å². The summed E-state index contributed by atoms with van der Waals surface area (Å²) in [6.45, 7) is 2.31. The normalized spacial score (nSPS) is 26.2. The molecule has 4 nitrogen and oxygen atoms in total. The molecule has 1 aliphatic rings. The summed E-state index contributed by atoms with van der Waals surface area (Å²) in [6.07, 6.45) is 0.567. The van der Waals surface area contributed by atoms with Crippen molar-refractivity contribution >= 4 is 31.5 Å². The van der Waals surface area contributed by atoms with Gasteiger partial charge in [0, 0.05) is 16.7 Å². The largest absolute Gasteiger partial charge is 0.377 e. The number of nitrogens with one attached hydrogen (secondary N) is 1. The molecule has 1 saturated heterocycles. The third-order valence-corrected chi connectivity index (χ3v) is 5.51. The molecular formula is C12H17BrN2O2S. The van der Waals surface area contributed by atoms with Crippen LogP contribution in [0.4, 0.5) is 5.69 Å². The van der Waals surface area contributed by atoms with Crippen LogP contribution in [0.5, 0.6) is 0 Å². The zero-order valence-electron chi connectivity index (χ0n) is 10.2. The molecule has 0 saturated carbocycles. The number of benzene rings is 1. The molecule has 0 aliphatic carbocycles. The van der Waals surface area contributed by atoms with E-state index in [9.17, 15) is 8.42 Å². The average Bonchev–Trinajstić information content (AvgIpc) is 2.53. The SMILES string of the molecule is Cc1cc(Br)cc(NC2(CN)CCS(=O)(=O)C2)c1. The second kappa shape index (κ2) is 4.83. The van der Waals surface area contributed by atoms with Gasteiger partial charge in [0.05, 0.1) is 17.0 Å². The smallest absolute Gasteiger partial charge is 0.152 e. The molecule has 0 spiro atoms. The van der Waals surface area contributed by atoms with Crippen LogP contribution in [-0.4, -0.2) is 32.0 Å². The predicted molar refractivity (Wildman–Crippen MR) is 77.6 cm³/mol. The molecule has 1 atom stereocenters. The number of sulfone groups is 1. The van der Waals surface area contributed by atoms with E-state index in [2.05, 4.69) is 21.2 Å². The van der Waals surface area contributed by atoms with Crippen LogP contribution >= 0.6 is 15.9 Å². The Kier molecular flexibility index (Phi) is 3.71. The second-order valence-electron chi connectivity index (χ2n) is 4.97. The van der Waals surface area contributed by atoms with E-state index >= 15 is 0 Å². The lowest BCUT2D eigenvalue weighted by atomic mass is 9.98. The van der Waals surface area contributed by atoms with Crippen LogP contribution in [0.2, 0.25) is 0 Å². The quantitative estimate of drug-likeness (QED) is 0.883. The Morgan fingerprint density at radius 1 is 1.44 bits per heavy atom. The maximum absolute atomic E-state index is 11.6. The number of anilines is 1. The van der Waals surface area contributed by atoms with Crippen molar-refractivity contribution in [1.29, 1.82) is 0 Å². The summed E-state index contributed by atoms with van der Waals surface area (Å²) in [7, 11) is -2.96. The molecule has 3 N–H and O–H groups in total. The van der Waals surface area contributed by atoms with Gasteiger partial charge in [-0.15, -0.1) is 0 Å². The van der Waals surface area contributed by atoms with Crippen molar-refractivity contribution in [3.63, 3.8) is 0 Å². The molecule has 0 amide bonds. The van der Waals surface area contributed by atoms with Crippen molar-refractivity contribution in [3.05, 3.63) is 28.2 Å². The van der Waals surface area contributed by atoms with Crippen molar-refractivity contribution in [3.8, 4) is 0 Å². The van der Waals surface area contributed by atoms with Gasteiger partial charge in [-0.1, -0.05) is 15.9 Å². The van der Waals surface area contributed by atoms with Gasteiger partial charge in [-0.05, 0) is 37.1 Å². The minimum atomic E-state index is -2.96. The standard InChI is InChI=1S/C12H17BrN2O2S/c1-9-4-10(13)6-11(5-9)15-12(7-14)2-3-18(16,17)8-12/h4-6,15H,2-3,7-8,14H2,1H3. The van der Waals surface area contributed by atoms with Gasteiger partial charge < -0.3 is 11.1 Å². The maximum atomic E-state index is 11.6. The fraction of sp³-hybridized carbons (Fsp3) is 0.500. The molecule has 18 heavy (non-hydrogen) atoms. The topological polar surface area (TPSA) is 72.2 Å². The molecule has 2 rings (SSSR count). The molecule has 1 fully saturated rings. The number of hydrogen-bond donors (Lipinski definition) is 2. The highest BCUT2D eigenvalue weighted by molar-refractivity contribution is 9.10. The summed E-state index contributed by atoms with van der Waals surface area (Å²) < 4.78 is 24.2. The molecule has 1 aromatic carbocycles. The van der Waals surface area contributed by atoms with Gasteiger partial charge in [0.2, 0.25) is 0 Å². The minimum Gasteiger partial charge on any atom is -0.377 e. The van der Waals surface area contributed by atoms with Gasteiger partial charge in [0.25, 0.3) is 0 Å². The van der Waals surface area contributed by atoms with Gasteiger partial charge >= 0.3 is 0 Å². The average molecular weight is 333 g/mol. The first-order valence-electron chi connectivity index (χ1n) is 5.80. The summed E-state index contributed by atoms with van der Waals surface area (Å²) in [5, 5.41) is 3.31. The summed E-state index contributed by atoms with van der Waals surface area (Å²) in [5.74, 6) is 0.326. The fourth-order valence-corrected chi connectivity index (χ4v) is 4.97. The molecule has 1 heterocycles. The van der Waals surface area contributed by atoms with E-state index in [0.717, 1.165) is 15.7 Å². The van der Waals surface area contributed by atoms with Gasteiger partial charge in [-0.3, -0.25) is 0 Å². The van der Waals surface area contributed by atoms with E-state index in [-0.39, 0.29) is 11.5 Å². The molecule has 6 heteroatoms. The van der Waals surface area contributed by atoms with Gasteiger partial charge in [0.1, 0.15) is 0 Å². The van der Waals surface area contributed by atoms with E-state index in [1.807, 2.05) is 25.1 Å². The van der Waals surface area contributed by atoms with Crippen LogP contribution in [0, 0.1) is 6.92 Å². The predicted octanol–water partition coefficient (Wildman–Crippen LogP) is 1.69. The van der Waals surface area contributed by atoms with Crippen LogP contribution in [0.1, 0.15) is 12.0 Å². The summed E-state index contributed by atoms with van der Waals surface area (Å²) >= 11 is 3.43.